The maximum absolute atomic E-state index is 11.5. The monoisotopic (exact) mass is 199 g/mol. The minimum atomic E-state index is -0.944. The Morgan fingerprint density at radius 2 is 2.00 bits per heavy atom. The van der Waals surface area contributed by atoms with Crippen molar-refractivity contribution >= 4 is 11.9 Å². The van der Waals surface area contributed by atoms with Crippen molar-refractivity contribution in [3.05, 3.63) is 13.3 Å². The molecule has 1 amide bonds. The van der Waals surface area contributed by atoms with Crippen LogP contribution in [0.15, 0.2) is 0 Å². The largest absolute Gasteiger partial charge is 0.481 e. The van der Waals surface area contributed by atoms with E-state index in [0.717, 1.165) is 0 Å². The van der Waals surface area contributed by atoms with E-state index in [2.05, 4.69) is 6.92 Å². The summed E-state index contributed by atoms with van der Waals surface area (Å²) in [5, 5.41) is 8.42. The molecule has 0 saturated carbocycles. The van der Waals surface area contributed by atoms with Gasteiger partial charge in [0.25, 0.3) is 0 Å². The number of carbonyl (C=O) groups is 2. The Morgan fingerprint density at radius 1 is 1.43 bits per heavy atom. The van der Waals surface area contributed by atoms with Gasteiger partial charge in [-0.3, -0.25) is 9.59 Å². The third-order valence-corrected chi connectivity index (χ3v) is 1.82. The predicted octanol–water partition coefficient (Wildman–Crippen LogP) is 1.13. The van der Waals surface area contributed by atoms with Crippen LogP contribution < -0.4 is 0 Å². The number of amides is 1. The van der Waals surface area contributed by atoms with Gasteiger partial charge in [-0.25, -0.2) is 0 Å². The number of carbonyl (C=O) groups excluding carboxylic acids is 1. The number of carboxylic acids is 1. The van der Waals surface area contributed by atoms with Gasteiger partial charge in [0.15, 0.2) is 0 Å². The second-order valence-electron chi connectivity index (χ2n) is 3.32. The molecule has 0 unspecified atom stereocenters. The highest BCUT2D eigenvalue weighted by Crippen LogP contribution is 2.04. The molecule has 0 aromatic rings. The van der Waals surface area contributed by atoms with Gasteiger partial charge in [-0.15, -0.1) is 6.92 Å². The van der Waals surface area contributed by atoms with E-state index in [9.17, 15) is 9.59 Å². The van der Waals surface area contributed by atoms with E-state index in [1.807, 2.05) is 13.8 Å². The first kappa shape index (κ1) is 12.8. The number of hydrogen-bond acceptors (Lipinski definition) is 2. The topological polar surface area (TPSA) is 57.6 Å². The smallest absolute Gasteiger partial charge is 0.303 e. The lowest BCUT2D eigenvalue weighted by Gasteiger charge is -2.23. The molecule has 0 heterocycles. The van der Waals surface area contributed by atoms with Crippen molar-refractivity contribution in [3.8, 4) is 0 Å². The van der Waals surface area contributed by atoms with E-state index in [1.54, 1.807) is 11.3 Å². The standard InChI is InChI=1S/C10H17NO3/c1-4-7-11(8(2)3)9(12)5-6-10(13)14/h4,8H,1,5-7H2,2-3H3,(H,13,14). The molecule has 4 nitrogen and oxygen atoms in total. The van der Waals surface area contributed by atoms with Crippen molar-refractivity contribution in [1.29, 1.82) is 0 Å². The van der Waals surface area contributed by atoms with E-state index < -0.39 is 5.97 Å². The molecule has 0 saturated heterocycles. The summed E-state index contributed by atoms with van der Waals surface area (Å²) in [5.41, 5.74) is 0. The maximum atomic E-state index is 11.5. The Balaban J connectivity index is 4.08. The molecule has 0 bridgehead atoms. The van der Waals surface area contributed by atoms with Gasteiger partial charge >= 0.3 is 5.97 Å². The summed E-state index contributed by atoms with van der Waals surface area (Å²) in [5.74, 6) is -1.08. The Labute approximate surface area is 84.9 Å². The van der Waals surface area contributed by atoms with Crippen LogP contribution in [0.2, 0.25) is 0 Å². The number of carboxylic acid groups (broad SMARTS) is 1. The van der Waals surface area contributed by atoms with Crippen LogP contribution in [0, 0.1) is 13.3 Å². The summed E-state index contributed by atoms with van der Waals surface area (Å²) in [4.78, 5) is 23.4. The van der Waals surface area contributed by atoms with Gasteiger partial charge < -0.3 is 10.0 Å². The number of hydrogen-bond donors (Lipinski definition) is 1. The molecule has 80 valence electrons. The van der Waals surface area contributed by atoms with Crippen LogP contribution in [0.5, 0.6) is 0 Å². The van der Waals surface area contributed by atoms with Gasteiger partial charge in [-0.05, 0) is 13.8 Å². The summed E-state index contributed by atoms with van der Waals surface area (Å²) >= 11 is 0. The van der Waals surface area contributed by atoms with Gasteiger partial charge in [0.05, 0.1) is 6.42 Å². The lowest BCUT2D eigenvalue weighted by molar-refractivity contribution is -0.141. The lowest BCUT2D eigenvalue weighted by Crippen LogP contribution is -2.37. The maximum Gasteiger partial charge on any atom is 0.303 e. The van der Waals surface area contributed by atoms with Crippen molar-refractivity contribution in [1.82, 2.24) is 4.90 Å². The minimum Gasteiger partial charge on any atom is -0.481 e. The highest BCUT2D eigenvalue weighted by atomic mass is 16.4. The normalized spacial score (nSPS) is 10.0. The molecular formula is C10H17NO3. The van der Waals surface area contributed by atoms with Crippen molar-refractivity contribution in [2.45, 2.75) is 32.7 Å². The molecule has 0 aliphatic heterocycles. The van der Waals surface area contributed by atoms with Crippen LogP contribution >= 0.6 is 0 Å². The first-order valence-corrected chi connectivity index (χ1v) is 4.61. The quantitative estimate of drug-likeness (QED) is 0.652. The van der Waals surface area contributed by atoms with Crippen LogP contribution in [-0.4, -0.2) is 34.5 Å². The fraction of sp³-hybridized carbons (Fsp3) is 0.600. The zero-order valence-corrected chi connectivity index (χ0v) is 8.69. The summed E-state index contributed by atoms with van der Waals surface area (Å²) < 4.78 is 0. The van der Waals surface area contributed by atoms with Crippen LogP contribution in [-0.2, 0) is 9.59 Å². The van der Waals surface area contributed by atoms with Crippen molar-refractivity contribution in [2.24, 2.45) is 0 Å². The van der Waals surface area contributed by atoms with E-state index in [-0.39, 0.29) is 24.8 Å². The van der Waals surface area contributed by atoms with Gasteiger partial charge in [0.1, 0.15) is 6.54 Å². The first-order valence-electron chi connectivity index (χ1n) is 4.61. The lowest BCUT2D eigenvalue weighted by atomic mass is 10.2. The van der Waals surface area contributed by atoms with E-state index in [4.69, 9.17) is 5.11 Å². The molecule has 0 aliphatic rings. The molecule has 0 atom stereocenters. The number of rotatable bonds is 6. The number of aliphatic carboxylic acids is 1. The highest BCUT2D eigenvalue weighted by Gasteiger charge is 2.18. The minimum absolute atomic E-state index is 0.0569. The summed E-state index contributed by atoms with van der Waals surface area (Å²) in [6.07, 6.45) is 1.58. The summed E-state index contributed by atoms with van der Waals surface area (Å²) in [6, 6.07) is 0.0781. The van der Waals surface area contributed by atoms with E-state index in [0.29, 0.717) is 6.54 Å². The molecule has 0 spiro atoms. The molecule has 14 heavy (non-hydrogen) atoms. The zero-order chi connectivity index (χ0) is 11.1. The van der Waals surface area contributed by atoms with Crippen molar-refractivity contribution in [2.75, 3.05) is 6.54 Å². The number of nitrogens with zero attached hydrogens (tertiary/aromatic N) is 1. The van der Waals surface area contributed by atoms with Crippen molar-refractivity contribution < 1.29 is 14.7 Å². The third-order valence-electron chi connectivity index (χ3n) is 1.82. The summed E-state index contributed by atoms with van der Waals surface area (Å²) in [6.45, 7) is 7.80. The van der Waals surface area contributed by atoms with Crippen LogP contribution in [0.3, 0.4) is 0 Å². The van der Waals surface area contributed by atoms with Crippen LogP contribution in [0.4, 0.5) is 0 Å². The fourth-order valence-corrected chi connectivity index (χ4v) is 1.10. The molecule has 0 rings (SSSR count). The van der Waals surface area contributed by atoms with Crippen LogP contribution in [0.1, 0.15) is 26.7 Å². The fourth-order valence-electron chi connectivity index (χ4n) is 1.10. The third kappa shape index (κ3) is 4.74. The second-order valence-corrected chi connectivity index (χ2v) is 3.32. The molecule has 0 aromatic heterocycles. The van der Waals surface area contributed by atoms with Crippen LogP contribution in [0.25, 0.3) is 0 Å². The SMILES string of the molecule is [CH2-][CH+]CN(C(=O)CCC(=O)O)C(C)C. The first-order chi connectivity index (χ1) is 6.49. The molecular weight excluding hydrogens is 182 g/mol. The van der Waals surface area contributed by atoms with E-state index >= 15 is 0 Å². The predicted molar refractivity (Wildman–Crippen MR) is 53.4 cm³/mol. The van der Waals surface area contributed by atoms with Gasteiger partial charge in [-0.1, -0.05) is 6.42 Å². The second kappa shape index (κ2) is 6.29. The average Bonchev–Trinajstić information content (AvgIpc) is 2.09. The highest BCUT2D eigenvalue weighted by molar-refractivity contribution is 5.81. The molecule has 1 N–H and O–H groups in total. The van der Waals surface area contributed by atoms with Gasteiger partial charge in [-0.2, -0.15) is 0 Å². The zero-order valence-electron chi connectivity index (χ0n) is 8.69. The molecule has 4 heteroatoms. The Bertz CT molecular complexity index is 202. The molecule has 0 fully saturated rings. The van der Waals surface area contributed by atoms with Gasteiger partial charge in [0, 0.05) is 12.5 Å². The average molecular weight is 199 g/mol. The Kier molecular flexibility index (Phi) is 5.76. The molecule has 0 aliphatic carbocycles. The summed E-state index contributed by atoms with van der Waals surface area (Å²) in [7, 11) is 0. The Morgan fingerprint density at radius 3 is 2.36 bits per heavy atom. The van der Waals surface area contributed by atoms with Crippen molar-refractivity contribution in [3.63, 3.8) is 0 Å². The van der Waals surface area contributed by atoms with E-state index in [1.165, 1.54) is 0 Å². The van der Waals surface area contributed by atoms with Gasteiger partial charge in [0.2, 0.25) is 5.91 Å². The molecule has 0 aromatic carbocycles. The Hall–Kier alpha value is -1.19. The molecule has 0 radical (unpaired) electrons.